The van der Waals surface area contributed by atoms with Crippen molar-refractivity contribution >= 4 is 12.1 Å². The van der Waals surface area contributed by atoms with Crippen molar-refractivity contribution in [2.75, 3.05) is 19.8 Å². The lowest BCUT2D eigenvalue weighted by Crippen LogP contribution is -2.38. The van der Waals surface area contributed by atoms with Gasteiger partial charge in [-0.1, -0.05) is 6.07 Å². The zero-order chi connectivity index (χ0) is 11.7. The lowest BCUT2D eigenvalue weighted by atomic mass is 10.1. The summed E-state index contributed by atoms with van der Waals surface area (Å²) in [5.41, 5.74) is 1.76. The molecule has 17 heavy (non-hydrogen) atoms. The van der Waals surface area contributed by atoms with Gasteiger partial charge in [0.05, 0.1) is 19.3 Å². The first-order valence-electron chi connectivity index (χ1n) is 5.40. The maximum Gasteiger partial charge on any atom is 0.312 e. The highest BCUT2D eigenvalue weighted by Gasteiger charge is 2.24. The maximum absolute atomic E-state index is 10.9. The molecule has 1 fully saturated rings. The van der Waals surface area contributed by atoms with Gasteiger partial charge in [-0.05, 0) is 11.6 Å². The molecule has 1 saturated heterocycles. The quantitative estimate of drug-likeness (QED) is 0.739. The van der Waals surface area contributed by atoms with Crippen LogP contribution in [0.2, 0.25) is 0 Å². The van der Waals surface area contributed by atoms with Gasteiger partial charge in [-0.15, -0.1) is 0 Å². The Bertz CT molecular complexity index is 539. The molecule has 0 bridgehead atoms. The minimum atomic E-state index is -0.0881. The Morgan fingerprint density at radius 2 is 2.41 bits per heavy atom. The maximum atomic E-state index is 10.9. The molecule has 1 radical (unpaired) electrons. The summed E-state index contributed by atoms with van der Waals surface area (Å²) >= 11 is 0. The molecule has 0 aliphatic carbocycles. The van der Waals surface area contributed by atoms with Crippen LogP contribution in [-0.4, -0.2) is 45.7 Å². The standard InChI is InChI=1S/C11H11N4O2/c16-8-14-3-4-17-6-10(14)9-1-2-11-12-7-13-15(11)5-9/h1-2,5,7,10H,3-4,6H2. The Kier molecular flexibility index (Phi) is 2.49. The van der Waals surface area contributed by atoms with Crippen LogP contribution in [0.25, 0.3) is 5.65 Å². The van der Waals surface area contributed by atoms with E-state index >= 15 is 0 Å². The van der Waals surface area contributed by atoms with Crippen molar-refractivity contribution in [2.24, 2.45) is 0 Å². The van der Waals surface area contributed by atoms with Gasteiger partial charge in [-0.25, -0.2) is 9.50 Å². The predicted octanol–water partition coefficient (Wildman–Crippen LogP) is 0.170. The van der Waals surface area contributed by atoms with Crippen molar-refractivity contribution in [2.45, 2.75) is 6.04 Å². The predicted molar refractivity (Wildman–Crippen MR) is 58.9 cm³/mol. The van der Waals surface area contributed by atoms with Crippen LogP contribution in [0.3, 0.4) is 0 Å². The summed E-state index contributed by atoms with van der Waals surface area (Å²) in [6, 6.07) is 3.73. The highest BCUT2D eigenvalue weighted by Crippen LogP contribution is 2.22. The SMILES string of the molecule is O=[C]N1CCOCC1c1ccc2ncnn2c1. The molecule has 2 aromatic heterocycles. The largest absolute Gasteiger partial charge is 0.377 e. The number of carbonyl (C=O) groups excluding carboxylic acids is 1. The molecule has 2 aromatic rings. The van der Waals surface area contributed by atoms with Crippen LogP contribution in [0, 0.1) is 0 Å². The molecule has 1 amide bonds. The molecule has 1 unspecified atom stereocenters. The Labute approximate surface area is 97.8 Å². The summed E-state index contributed by atoms with van der Waals surface area (Å²) in [5.74, 6) is 0. The van der Waals surface area contributed by atoms with Gasteiger partial charge in [-0.2, -0.15) is 5.10 Å². The van der Waals surface area contributed by atoms with E-state index in [9.17, 15) is 4.79 Å². The summed E-state index contributed by atoms with van der Waals surface area (Å²) in [5, 5.41) is 4.07. The van der Waals surface area contributed by atoms with Crippen molar-refractivity contribution in [3.63, 3.8) is 0 Å². The molecule has 6 nitrogen and oxygen atoms in total. The Balaban J connectivity index is 1.97. The molecule has 0 spiro atoms. The van der Waals surface area contributed by atoms with Crippen LogP contribution < -0.4 is 0 Å². The topological polar surface area (TPSA) is 59.7 Å². The summed E-state index contributed by atoms with van der Waals surface area (Å²) in [7, 11) is 0. The molecule has 0 saturated carbocycles. The fraction of sp³-hybridized carbons (Fsp3) is 0.364. The van der Waals surface area contributed by atoms with E-state index in [1.165, 1.54) is 6.33 Å². The molecule has 1 aliphatic heterocycles. The second kappa shape index (κ2) is 4.14. The minimum Gasteiger partial charge on any atom is -0.377 e. The Hall–Kier alpha value is -1.95. The number of rotatable bonds is 2. The minimum absolute atomic E-state index is 0.0881. The van der Waals surface area contributed by atoms with Crippen molar-refractivity contribution < 1.29 is 9.53 Å². The molecule has 0 N–H and O–H groups in total. The number of hydrogen-bond donors (Lipinski definition) is 0. The van der Waals surface area contributed by atoms with Gasteiger partial charge in [0.1, 0.15) is 6.33 Å². The van der Waals surface area contributed by atoms with Crippen molar-refractivity contribution in [1.29, 1.82) is 0 Å². The average Bonchev–Trinajstić information content (AvgIpc) is 2.85. The monoisotopic (exact) mass is 231 g/mol. The number of morpholine rings is 1. The zero-order valence-corrected chi connectivity index (χ0v) is 9.11. The molecule has 1 aliphatic rings. The first-order chi connectivity index (χ1) is 8.38. The molecule has 87 valence electrons. The van der Waals surface area contributed by atoms with Gasteiger partial charge in [0, 0.05) is 12.7 Å². The van der Waals surface area contributed by atoms with E-state index in [1.807, 2.05) is 24.7 Å². The van der Waals surface area contributed by atoms with E-state index in [2.05, 4.69) is 10.1 Å². The number of hydrogen-bond acceptors (Lipinski definition) is 4. The highest BCUT2D eigenvalue weighted by atomic mass is 16.5. The van der Waals surface area contributed by atoms with Gasteiger partial charge >= 0.3 is 6.41 Å². The van der Waals surface area contributed by atoms with Crippen molar-refractivity contribution in [3.8, 4) is 0 Å². The van der Waals surface area contributed by atoms with E-state index in [-0.39, 0.29) is 6.04 Å². The fourth-order valence-corrected chi connectivity index (χ4v) is 2.02. The molecule has 1 atom stereocenters. The fourth-order valence-electron chi connectivity index (χ4n) is 2.02. The zero-order valence-electron chi connectivity index (χ0n) is 9.11. The van der Waals surface area contributed by atoms with Gasteiger partial charge in [0.2, 0.25) is 0 Å². The molecule has 3 rings (SSSR count). The summed E-state index contributed by atoms with van der Waals surface area (Å²) < 4.78 is 7.08. The molecule has 0 aromatic carbocycles. The van der Waals surface area contributed by atoms with E-state index < -0.39 is 0 Å². The van der Waals surface area contributed by atoms with Crippen LogP contribution in [0.1, 0.15) is 11.6 Å². The molecule has 6 heteroatoms. The number of amides is 1. The smallest absolute Gasteiger partial charge is 0.312 e. The van der Waals surface area contributed by atoms with Crippen molar-refractivity contribution in [3.05, 3.63) is 30.2 Å². The normalized spacial score (nSPS) is 20.7. The van der Waals surface area contributed by atoms with Crippen molar-refractivity contribution in [1.82, 2.24) is 19.5 Å². The van der Waals surface area contributed by atoms with Crippen LogP contribution in [-0.2, 0) is 9.53 Å². The van der Waals surface area contributed by atoms with Gasteiger partial charge in [0.15, 0.2) is 5.65 Å². The number of aromatic nitrogens is 3. The summed E-state index contributed by atoms with van der Waals surface area (Å²) in [6.45, 7) is 1.64. The molecular weight excluding hydrogens is 220 g/mol. The number of nitrogens with zero attached hydrogens (tertiary/aromatic N) is 4. The lowest BCUT2D eigenvalue weighted by molar-refractivity contribution is 0.0245. The third-order valence-corrected chi connectivity index (χ3v) is 2.93. The second-order valence-corrected chi connectivity index (χ2v) is 3.90. The number of pyridine rings is 1. The van der Waals surface area contributed by atoms with E-state index in [0.29, 0.717) is 19.8 Å². The summed E-state index contributed by atoms with van der Waals surface area (Å²) in [6.07, 6.45) is 5.32. The Morgan fingerprint density at radius 1 is 1.47 bits per heavy atom. The number of ether oxygens (including phenoxy) is 1. The van der Waals surface area contributed by atoms with Crippen LogP contribution in [0.4, 0.5) is 0 Å². The van der Waals surface area contributed by atoms with Crippen LogP contribution in [0.15, 0.2) is 24.7 Å². The van der Waals surface area contributed by atoms with Crippen LogP contribution in [0.5, 0.6) is 0 Å². The van der Waals surface area contributed by atoms with Gasteiger partial charge in [0.25, 0.3) is 0 Å². The first kappa shape index (κ1) is 10.2. The molecular formula is C11H11N4O2. The van der Waals surface area contributed by atoms with Gasteiger partial charge < -0.3 is 9.64 Å². The van der Waals surface area contributed by atoms with E-state index in [1.54, 1.807) is 9.42 Å². The number of fused-ring (bicyclic) bond motifs is 1. The third-order valence-electron chi connectivity index (χ3n) is 2.93. The van der Waals surface area contributed by atoms with Crippen LogP contribution >= 0.6 is 0 Å². The van der Waals surface area contributed by atoms with Gasteiger partial charge in [-0.3, -0.25) is 4.79 Å². The lowest BCUT2D eigenvalue weighted by Gasteiger charge is -2.31. The summed E-state index contributed by atoms with van der Waals surface area (Å²) in [4.78, 5) is 16.6. The Morgan fingerprint density at radius 3 is 3.29 bits per heavy atom. The second-order valence-electron chi connectivity index (χ2n) is 3.90. The highest BCUT2D eigenvalue weighted by molar-refractivity contribution is 5.50. The molecule has 3 heterocycles. The van der Waals surface area contributed by atoms with E-state index in [0.717, 1.165) is 11.2 Å². The first-order valence-corrected chi connectivity index (χ1v) is 5.40. The van der Waals surface area contributed by atoms with E-state index in [4.69, 9.17) is 4.74 Å². The average molecular weight is 231 g/mol. The third kappa shape index (κ3) is 1.76.